The van der Waals surface area contributed by atoms with Gasteiger partial charge in [-0.1, -0.05) is 38.5 Å². The summed E-state index contributed by atoms with van der Waals surface area (Å²) in [4.78, 5) is 15.3. The molecule has 1 heterocycles. The second-order valence-electron chi connectivity index (χ2n) is 14.5. The van der Waals surface area contributed by atoms with Crippen molar-refractivity contribution in [2.75, 3.05) is 11.4 Å². The standard InChI is InChI=1S/C33H49NO4/c1-19-5-9-27-21(15-19)12-14-34(27)30(38)10-6-20(2)24-7-8-25-31-26(18-29(37)33(24,25)4)32(3)13-11-23(35)16-22(32)17-28(31)36/h5,9,15,20,22-26,28-29,31,35-37H,6-8,10-14,16-18H2,1-4H3/t20-,22+,23-,24-,25+,26+,28-,29+,31+,32+,33-/m1/s1. The Kier molecular flexibility index (Phi) is 6.76. The minimum Gasteiger partial charge on any atom is -0.393 e. The molecule has 0 bridgehead atoms. The summed E-state index contributed by atoms with van der Waals surface area (Å²) >= 11 is 0. The van der Waals surface area contributed by atoms with Crippen molar-refractivity contribution in [3.63, 3.8) is 0 Å². The number of hydrogen-bond acceptors (Lipinski definition) is 4. The zero-order valence-electron chi connectivity index (χ0n) is 23.9. The number of aliphatic hydroxyl groups excluding tert-OH is 3. The van der Waals surface area contributed by atoms with Crippen molar-refractivity contribution in [1.82, 2.24) is 0 Å². The Balaban J connectivity index is 1.16. The van der Waals surface area contributed by atoms with Gasteiger partial charge in [-0.25, -0.2) is 0 Å². The van der Waals surface area contributed by atoms with Crippen LogP contribution >= 0.6 is 0 Å². The molecule has 6 rings (SSSR count). The van der Waals surface area contributed by atoms with Crippen LogP contribution in [0.1, 0.15) is 89.7 Å². The lowest BCUT2D eigenvalue weighted by Crippen LogP contribution is -2.62. The van der Waals surface area contributed by atoms with E-state index in [0.29, 0.717) is 36.0 Å². The van der Waals surface area contributed by atoms with E-state index in [1.807, 2.05) is 4.90 Å². The highest BCUT2D eigenvalue weighted by Gasteiger charge is 2.65. The average Bonchev–Trinajstić information content (AvgIpc) is 3.45. The first-order chi connectivity index (χ1) is 18.0. The van der Waals surface area contributed by atoms with Crippen LogP contribution in [-0.4, -0.2) is 46.1 Å². The van der Waals surface area contributed by atoms with Crippen molar-refractivity contribution in [1.29, 1.82) is 0 Å². The zero-order chi connectivity index (χ0) is 27.0. The van der Waals surface area contributed by atoms with Gasteiger partial charge in [0.15, 0.2) is 0 Å². The van der Waals surface area contributed by atoms with Crippen molar-refractivity contribution in [2.24, 2.45) is 46.3 Å². The summed E-state index contributed by atoms with van der Waals surface area (Å²) in [5.74, 6) is 2.19. The lowest BCUT2D eigenvalue weighted by molar-refractivity contribution is -0.207. The number of fused-ring (bicyclic) bond motifs is 6. The Labute approximate surface area is 229 Å². The van der Waals surface area contributed by atoms with Crippen molar-refractivity contribution in [2.45, 2.75) is 110 Å². The fourth-order valence-corrected chi connectivity index (χ4v) is 10.6. The molecule has 5 nitrogen and oxygen atoms in total. The van der Waals surface area contributed by atoms with Crippen LogP contribution in [0.25, 0.3) is 0 Å². The molecule has 0 radical (unpaired) electrons. The van der Waals surface area contributed by atoms with E-state index >= 15 is 0 Å². The number of amides is 1. The van der Waals surface area contributed by atoms with Gasteiger partial charge in [0.25, 0.3) is 0 Å². The predicted octanol–water partition coefficient (Wildman–Crippen LogP) is 5.26. The number of nitrogens with zero attached hydrogens (tertiary/aromatic N) is 1. The maximum Gasteiger partial charge on any atom is 0.227 e. The van der Waals surface area contributed by atoms with Crippen LogP contribution in [0.4, 0.5) is 5.69 Å². The molecule has 0 saturated heterocycles. The molecule has 0 unspecified atom stereocenters. The summed E-state index contributed by atoms with van der Waals surface area (Å²) in [6.45, 7) is 9.88. The van der Waals surface area contributed by atoms with Crippen LogP contribution in [0, 0.1) is 53.3 Å². The average molecular weight is 524 g/mol. The molecule has 5 aliphatic rings. The molecule has 4 fully saturated rings. The molecular formula is C33H49NO4. The molecule has 1 aliphatic heterocycles. The highest BCUT2D eigenvalue weighted by Crippen LogP contribution is 2.68. The first kappa shape index (κ1) is 26.8. The first-order valence-electron chi connectivity index (χ1n) is 15.5. The summed E-state index contributed by atoms with van der Waals surface area (Å²) in [6.07, 6.45) is 7.75. The Morgan fingerprint density at radius 2 is 1.87 bits per heavy atom. The van der Waals surface area contributed by atoms with Crippen LogP contribution in [0.2, 0.25) is 0 Å². The van der Waals surface area contributed by atoms with E-state index in [1.54, 1.807) is 0 Å². The minimum absolute atomic E-state index is 0.103. The van der Waals surface area contributed by atoms with Crippen LogP contribution in [-0.2, 0) is 11.2 Å². The van der Waals surface area contributed by atoms with Crippen LogP contribution in [0.3, 0.4) is 0 Å². The third kappa shape index (κ3) is 4.01. The molecule has 11 atom stereocenters. The second-order valence-corrected chi connectivity index (χ2v) is 14.5. The molecule has 1 aromatic carbocycles. The van der Waals surface area contributed by atoms with Crippen LogP contribution < -0.4 is 4.90 Å². The number of rotatable bonds is 4. The SMILES string of the molecule is Cc1ccc2c(c1)CCN2C(=O)CC[C@@H](C)[C@H]1CC[C@H]2[C@@H]3[C@H](O)C[C@@H]4C[C@H](O)CC[C@]4(C)[C@H]3C[C@H](O)[C@]12C. The number of anilines is 1. The summed E-state index contributed by atoms with van der Waals surface area (Å²) < 4.78 is 0. The fourth-order valence-electron chi connectivity index (χ4n) is 10.6. The lowest BCUT2D eigenvalue weighted by atomic mass is 9.43. The second kappa shape index (κ2) is 9.59. The van der Waals surface area contributed by atoms with Crippen molar-refractivity contribution >= 4 is 11.6 Å². The van der Waals surface area contributed by atoms with Gasteiger partial charge < -0.3 is 20.2 Å². The van der Waals surface area contributed by atoms with E-state index < -0.39 is 0 Å². The van der Waals surface area contributed by atoms with Crippen molar-refractivity contribution in [3.8, 4) is 0 Å². The highest BCUT2D eigenvalue weighted by atomic mass is 16.3. The monoisotopic (exact) mass is 523 g/mol. The molecule has 5 heteroatoms. The maximum absolute atomic E-state index is 13.3. The van der Waals surface area contributed by atoms with Gasteiger partial charge in [-0.3, -0.25) is 4.79 Å². The van der Waals surface area contributed by atoms with E-state index in [-0.39, 0.29) is 41.0 Å². The number of hydrogen-bond donors (Lipinski definition) is 3. The van der Waals surface area contributed by atoms with Gasteiger partial charge in [0.05, 0.1) is 18.3 Å². The third-order valence-corrected chi connectivity index (χ3v) is 12.8. The van der Waals surface area contributed by atoms with Crippen molar-refractivity contribution < 1.29 is 20.1 Å². The number of aliphatic hydroxyl groups is 3. The summed E-state index contributed by atoms with van der Waals surface area (Å²) in [5.41, 5.74) is 3.51. The Hall–Kier alpha value is -1.43. The maximum atomic E-state index is 13.3. The van der Waals surface area contributed by atoms with Gasteiger partial charge in [-0.15, -0.1) is 0 Å². The largest absolute Gasteiger partial charge is 0.393 e. The smallest absolute Gasteiger partial charge is 0.227 e. The van der Waals surface area contributed by atoms with Gasteiger partial charge in [0.1, 0.15) is 0 Å². The van der Waals surface area contributed by atoms with E-state index in [9.17, 15) is 20.1 Å². The lowest BCUT2D eigenvalue weighted by Gasteiger charge is -2.63. The number of carbonyl (C=O) groups is 1. The van der Waals surface area contributed by atoms with Gasteiger partial charge in [-0.05, 0) is 123 Å². The summed E-state index contributed by atoms with van der Waals surface area (Å²) in [6, 6.07) is 6.41. The molecule has 1 aromatic rings. The van der Waals surface area contributed by atoms with Gasteiger partial charge >= 0.3 is 0 Å². The van der Waals surface area contributed by atoms with Gasteiger partial charge in [-0.2, -0.15) is 0 Å². The van der Waals surface area contributed by atoms with E-state index in [1.165, 1.54) is 11.1 Å². The molecular weight excluding hydrogens is 474 g/mol. The Bertz CT molecular complexity index is 1070. The summed E-state index contributed by atoms with van der Waals surface area (Å²) in [5, 5.41) is 33.7. The van der Waals surface area contributed by atoms with Crippen LogP contribution in [0.5, 0.6) is 0 Å². The molecule has 1 amide bonds. The number of aryl methyl sites for hydroxylation is 1. The Morgan fingerprint density at radius 3 is 2.66 bits per heavy atom. The highest BCUT2D eigenvalue weighted by molar-refractivity contribution is 5.95. The fraction of sp³-hybridized carbons (Fsp3) is 0.788. The van der Waals surface area contributed by atoms with Gasteiger partial charge in [0, 0.05) is 18.7 Å². The molecule has 38 heavy (non-hydrogen) atoms. The zero-order valence-corrected chi connectivity index (χ0v) is 23.9. The summed E-state index contributed by atoms with van der Waals surface area (Å²) in [7, 11) is 0. The molecule has 210 valence electrons. The normalized spacial score (nSPS) is 44.7. The Morgan fingerprint density at radius 1 is 1.08 bits per heavy atom. The van der Waals surface area contributed by atoms with E-state index in [0.717, 1.165) is 70.0 Å². The van der Waals surface area contributed by atoms with Crippen molar-refractivity contribution in [3.05, 3.63) is 29.3 Å². The number of carbonyl (C=O) groups excluding carboxylic acids is 1. The topological polar surface area (TPSA) is 81.0 Å². The number of benzene rings is 1. The predicted molar refractivity (Wildman–Crippen MR) is 150 cm³/mol. The third-order valence-electron chi connectivity index (χ3n) is 12.8. The van der Waals surface area contributed by atoms with E-state index in [2.05, 4.69) is 45.9 Å². The quantitative estimate of drug-likeness (QED) is 0.503. The van der Waals surface area contributed by atoms with Gasteiger partial charge in [0.2, 0.25) is 5.91 Å². The molecule has 4 saturated carbocycles. The first-order valence-corrected chi connectivity index (χ1v) is 15.5. The molecule has 0 spiro atoms. The molecule has 4 aliphatic carbocycles. The molecule has 3 N–H and O–H groups in total. The minimum atomic E-state index is -0.372. The molecule has 0 aromatic heterocycles. The van der Waals surface area contributed by atoms with E-state index in [4.69, 9.17) is 0 Å². The van der Waals surface area contributed by atoms with Crippen LogP contribution in [0.15, 0.2) is 18.2 Å².